The van der Waals surface area contributed by atoms with Gasteiger partial charge < -0.3 is 9.63 Å². The summed E-state index contributed by atoms with van der Waals surface area (Å²) in [5.41, 5.74) is 6.08. The average Bonchev–Trinajstić information content (AvgIpc) is 3.51. The van der Waals surface area contributed by atoms with E-state index in [0.29, 0.717) is 23.8 Å². The third-order valence-corrected chi connectivity index (χ3v) is 7.88. The minimum absolute atomic E-state index is 0.0879. The van der Waals surface area contributed by atoms with Gasteiger partial charge in [0.15, 0.2) is 0 Å². The van der Waals surface area contributed by atoms with Crippen LogP contribution < -0.4 is 0 Å². The Balaban J connectivity index is 1.54. The van der Waals surface area contributed by atoms with Crippen molar-refractivity contribution in [3.8, 4) is 28.3 Å². The largest absolute Gasteiger partial charge is 0.523 e. The molecule has 0 saturated heterocycles. The van der Waals surface area contributed by atoms with E-state index in [4.69, 9.17) is 16.2 Å². The van der Waals surface area contributed by atoms with E-state index in [1.807, 2.05) is 54.2 Å². The van der Waals surface area contributed by atoms with Gasteiger partial charge in [-0.3, -0.25) is 4.98 Å². The normalized spacial score (nSPS) is 23.2. The molecule has 2 aliphatic rings. The van der Waals surface area contributed by atoms with Crippen LogP contribution in [-0.2, 0) is 11.8 Å². The molecule has 3 aromatic heterocycles. The lowest BCUT2D eigenvalue weighted by molar-refractivity contribution is 0.133. The van der Waals surface area contributed by atoms with Crippen molar-refractivity contribution in [1.29, 1.82) is 0 Å². The summed E-state index contributed by atoms with van der Waals surface area (Å²) in [6.07, 6.45) is 5.88. The van der Waals surface area contributed by atoms with Crippen LogP contribution in [0.15, 0.2) is 64.8 Å². The second-order valence-corrected chi connectivity index (χ2v) is 9.98. The Labute approximate surface area is 209 Å². The predicted molar refractivity (Wildman–Crippen MR) is 134 cm³/mol. The van der Waals surface area contributed by atoms with E-state index in [1.54, 1.807) is 13.1 Å². The number of hydrogen-bond donors (Lipinski definition) is 1. The molecule has 0 amide bonds. The first-order chi connectivity index (χ1) is 17.4. The molecule has 3 atom stereocenters. The Morgan fingerprint density at radius 3 is 2.67 bits per heavy atom. The fraction of sp³-hybridized carbons (Fsp3) is 0.321. The number of hydrogen-bond acceptors (Lipinski definition) is 6. The SMILES string of the molecule is [C-]#[N+]C1=C(O)[C@H](C)[C@H]2CCc3c(-c4cccnc4)nn(-c4ccc(-c5noc(C)n5)cc4)c3[C@]2(C)C1. The van der Waals surface area contributed by atoms with Gasteiger partial charge in [0, 0.05) is 47.3 Å². The number of allylic oxidation sites excluding steroid dienone is 2. The van der Waals surface area contributed by atoms with Crippen LogP contribution in [0.4, 0.5) is 0 Å². The molecule has 0 unspecified atom stereocenters. The van der Waals surface area contributed by atoms with E-state index in [1.165, 1.54) is 5.56 Å². The van der Waals surface area contributed by atoms with Crippen molar-refractivity contribution < 1.29 is 9.63 Å². The summed E-state index contributed by atoms with van der Waals surface area (Å²) >= 11 is 0. The number of aliphatic hydroxyl groups is 1. The Morgan fingerprint density at radius 1 is 1.19 bits per heavy atom. The van der Waals surface area contributed by atoms with Crippen LogP contribution in [0.2, 0.25) is 0 Å². The van der Waals surface area contributed by atoms with Crippen LogP contribution in [-0.4, -0.2) is 30.0 Å². The minimum atomic E-state index is -0.351. The number of pyridine rings is 1. The van der Waals surface area contributed by atoms with Gasteiger partial charge in [0.05, 0.1) is 29.4 Å². The highest BCUT2D eigenvalue weighted by Gasteiger charge is 2.51. The van der Waals surface area contributed by atoms with Gasteiger partial charge in [-0.2, -0.15) is 10.1 Å². The van der Waals surface area contributed by atoms with Crippen LogP contribution >= 0.6 is 0 Å². The lowest BCUT2D eigenvalue weighted by atomic mass is 9.57. The smallest absolute Gasteiger partial charge is 0.223 e. The maximum atomic E-state index is 10.8. The van der Waals surface area contributed by atoms with Crippen molar-refractivity contribution >= 4 is 0 Å². The molecule has 8 nitrogen and oxygen atoms in total. The van der Waals surface area contributed by atoms with Crippen LogP contribution in [0, 0.1) is 25.3 Å². The first kappa shape index (κ1) is 22.2. The molecule has 8 heteroatoms. The molecule has 6 rings (SSSR count). The first-order valence-electron chi connectivity index (χ1n) is 12.1. The molecule has 0 spiro atoms. The number of aromatic nitrogens is 5. The molecule has 0 bridgehead atoms. The second kappa shape index (κ2) is 8.16. The number of fused-ring (bicyclic) bond motifs is 3. The zero-order chi connectivity index (χ0) is 25.0. The molecule has 36 heavy (non-hydrogen) atoms. The van der Waals surface area contributed by atoms with Crippen molar-refractivity contribution in [3.05, 3.63) is 88.8 Å². The summed E-state index contributed by atoms with van der Waals surface area (Å²) in [6, 6.07) is 11.9. The Hall–Kier alpha value is -4.25. The summed E-state index contributed by atoms with van der Waals surface area (Å²) in [5.74, 6) is 1.43. The Kier molecular flexibility index (Phi) is 5.04. The highest BCUT2D eigenvalue weighted by atomic mass is 16.5. The molecule has 0 radical (unpaired) electrons. The molecule has 3 heterocycles. The van der Waals surface area contributed by atoms with Crippen LogP contribution in [0.3, 0.4) is 0 Å². The average molecular weight is 479 g/mol. The van der Waals surface area contributed by atoms with E-state index in [-0.39, 0.29) is 23.0 Å². The molecular weight excluding hydrogens is 452 g/mol. The molecular formula is C28H26N6O2. The maximum absolute atomic E-state index is 10.8. The van der Waals surface area contributed by atoms with Crippen LogP contribution in [0.5, 0.6) is 0 Å². The second-order valence-electron chi connectivity index (χ2n) is 9.98. The van der Waals surface area contributed by atoms with Gasteiger partial charge in [-0.05, 0) is 61.6 Å². The van der Waals surface area contributed by atoms with Gasteiger partial charge in [-0.15, -0.1) is 0 Å². The lowest BCUT2D eigenvalue weighted by Gasteiger charge is -2.48. The van der Waals surface area contributed by atoms with Gasteiger partial charge in [-0.25, -0.2) is 9.53 Å². The highest BCUT2D eigenvalue weighted by molar-refractivity contribution is 5.66. The third kappa shape index (κ3) is 3.27. The molecule has 0 aliphatic heterocycles. The van der Waals surface area contributed by atoms with Crippen molar-refractivity contribution in [2.24, 2.45) is 11.8 Å². The molecule has 2 aliphatic carbocycles. The van der Waals surface area contributed by atoms with Crippen molar-refractivity contribution in [2.45, 2.75) is 45.4 Å². The van der Waals surface area contributed by atoms with Gasteiger partial charge >= 0.3 is 0 Å². The molecule has 180 valence electrons. The molecule has 1 N–H and O–H groups in total. The summed E-state index contributed by atoms with van der Waals surface area (Å²) in [7, 11) is 0. The molecule has 0 fully saturated rings. The first-order valence-corrected chi connectivity index (χ1v) is 12.1. The fourth-order valence-electron chi connectivity index (χ4n) is 6.16. The third-order valence-electron chi connectivity index (χ3n) is 7.88. The molecule has 0 saturated carbocycles. The van der Waals surface area contributed by atoms with E-state index >= 15 is 0 Å². The van der Waals surface area contributed by atoms with E-state index in [2.05, 4.69) is 26.9 Å². The number of aliphatic hydroxyl groups excluding tert-OH is 1. The van der Waals surface area contributed by atoms with E-state index in [0.717, 1.165) is 41.0 Å². The molecule has 1 aromatic carbocycles. The fourth-order valence-corrected chi connectivity index (χ4v) is 6.16. The quantitative estimate of drug-likeness (QED) is 0.372. The standard InChI is InChI=1S/C28H26N6O2/c1-16-22-12-11-21-24(19-6-5-13-30-15-19)32-34(26(21)28(22,3)14-23(29-4)25(16)35)20-9-7-18(8-10-20)27-31-17(2)36-33-27/h5-10,13,15-16,22,35H,11-12,14H2,1-3H3/t16-,22-,28-/m1/s1. The van der Waals surface area contributed by atoms with Gasteiger partial charge in [0.25, 0.3) is 0 Å². The van der Waals surface area contributed by atoms with Crippen LogP contribution in [0.25, 0.3) is 33.2 Å². The summed E-state index contributed by atoms with van der Waals surface area (Å²) in [6.45, 7) is 13.8. The monoisotopic (exact) mass is 478 g/mol. The number of benzene rings is 1. The zero-order valence-corrected chi connectivity index (χ0v) is 20.4. The molecule has 4 aromatic rings. The van der Waals surface area contributed by atoms with Crippen molar-refractivity contribution in [2.75, 3.05) is 0 Å². The maximum Gasteiger partial charge on any atom is 0.223 e. The van der Waals surface area contributed by atoms with Gasteiger partial charge in [0.1, 0.15) is 0 Å². The van der Waals surface area contributed by atoms with Crippen molar-refractivity contribution in [3.63, 3.8) is 0 Å². The lowest BCUT2D eigenvalue weighted by Crippen LogP contribution is -2.45. The van der Waals surface area contributed by atoms with E-state index < -0.39 is 0 Å². The van der Waals surface area contributed by atoms with Gasteiger partial charge in [-0.1, -0.05) is 19.0 Å². The van der Waals surface area contributed by atoms with Crippen LogP contribution in [0.1, 0.15) is 43.8 Å². The predicted octanol–water partition coefficient (Wildman–Crippen LogP) is 5.84. The van der Waals surface area contributed by atoms with Crippen molar-refractivity contribution in [1.82, 2.24) is 24.9 Å². The summed E-state index contributed by atoms with van der Waals surface area (Å²) in [5, 5.41) is 19.9. The Morgan fingerprint density at radius 2 is 2.00 bits per heavy atom. The minimum Gasteiger partial charge on any atom is -0.523 e. The number of aryl methyl sites for hydroxylation is 1. The Bertz CT molecular complexity index is 1530. The number of nitrogens with zero attached hydrogens (tertiary/aromatic N) is 6. The van der Waals surface area contributed by atoms with E-state index in [9.17, 15) is 5.11 Å². The summed E-state index contributed by atoms with van der Waals surface area (Å²) < 4.78 is 7.17. The summed E-state index contributed by atoms with van der Waals surface area (Å²) in [4.78, 5) is 12.4. The highest BCUT2D eigenvalue weighted by Crippen LogP contribution is 2.55. The topological polar surface area (TPSA) is 94.2 Å². The zero-order valence-electron chi connectivity index (χ0n) is 20.4. The van der Waals surface area contributed by atoms with Gasteiger partial charge in [0.2, 0.25) is 17.4 Å². The number of rotatable bonds is 3.